The summed E-state index contributed by atoms with van der Waals surface area (Å²) < 4.78 is 5.72. The van der Waals surface area contributed by atoms with Crippen molar-refractivity contribution in [2.45, 2.75) is 20.0 Å². The van der Waals surface area contributed by atoms with E-state index in [1.54, 1.807) is 13.0 Å². The third-order valence-corrected chi connectivity index (χ3v) is 3.20. The maximum atomic E-state index is 11.1. The second kappa shape index (κ2) is 7.51. The van der Waals surface area contributed by atoms with Gasteiger partial charge in [-0.2, -0.15) is 0 Å². The number of aromatic nitrogens is 1. The minimum Gasteiger partial charge on any atom is -0.372 e. The van der Waals surface area contributed by atoms with E-state index in [4.69, 9.17) is 4.74 Å². The van der Waals surface area contributed by atoms with Crippen molar-refractivity contribution in [3.8, 4) is 0 Å². The van der Waals surface area contributed by atoms with Crippen molar-refractivity contribution in [2.75, 3.05) is 18.5 Å². The van der Waals surface area contributed by atoms with Gasteiger partial charge in [0.15, 0.2) is 0 Å². The molecule has 2 rings (SSSR count). The van der Waals surface area contributed by atoms with E-state index in [1.165, 1.54) is 6.07 Å². The topological polar surface area (TPSA) is 77.3 Å². The first-order valence-electron chi connectivity index (χ1n) is 7.14. The van der Waals surface area contributed by atoms with Crippen molar-refractivity contribution < 1.29 is 9.66 Å². The van der Waals surface area contributed by atoms with E-state index < -0.39 is 4.92 Å². The molecule has 0 radical (unpaired) electrons. The van der Waals surface area contributed by atoms with E-state index in [-0.39, 0.29) is 17.6 Å². The Morgan fingerprint density at radius 2 is 2.00 bits per heavy atom. The Morgan fingerprint density at radius 3 is 2.64 bits per heavy atom. The average molecular weight is 301 g/mol. The zero-order valence-electron chi connectivity index (χ0n) is 12.7. The van der Waals surface area contributed by atoms with Crippen LogP contribution in [0.15, 0.2) is 42.5 Å². The number of hydrogen-bond acceptors (Lipinski definition) is 5. The van der Waals surface area contributed by atoms with Gasteiger partial charge in [0.25, 0.3) is 0 Å². The first-order valence-corrected chi connectivity index (χ1v) is 7.14. The summed E-state index contributed by atoms with van der Waals surface area (Å²) in [4.78, 5) is 14.8. The summed E-state index contributed by atoms with van der Waals surface area (Å²) in [5.74, 6) is 0.269. The first kappa shape index (κ1) is 15.9. The predicted molar refractivity (Wildman–Crippen MR) is 84.9 cm³/mol. The lowest BCUT2D eigenvalue weighted by atomic mass is 10.1. The van der Waals surface area contributed by atoms with Gasteiger partial charge in [-0.25, -0.2) is 4.98 Å². The van der Waals surface area contributed by atoms with Crippen LogP contribution in [-0.2, 0) is 4.74 Å². The maximum Gasteiger partial charge on any atom is 0.311 e. The molecule has 2 aromatic rings. The van der Waals surface area contributed by atoms with Crippen molar-refractivity contribution >= 4 is 11.5 Å². The Kier molecular flexibility index (Phi) is 5.43. The van der Waals surface area contributed by atoms with E-state index in [1.807, 2.05) is 37.3 Å². The monoisotopic (exact) mass is 301 g/mol. The number of rotatable bonds is 7. The normalized spacial score (nSPS) is 11.9. The number of nitro groups is 1. The van der Waals surface area contributed by atoms with Crippen LogP contribution in [0.1, 0.15) is 24.3 Å². The van der Waals surface area contributed by atoms with E-state index in [0.717, 1.165) is 11.3 Å². The summed E-state index contributed by atoms with van der Waals surface area (Å²) in [5, 5.41) is 14.1. The van der Waals surface area contributed by atoms with Crippen LogP contribution in [0.25, 0.3) is 0 Å². The summed E-state index contributed by atoms with van der Waals surface area (Å²) in [5.41, 5.74) is 1.71. The van der Waals surface area contributed by atoms with Crippen molar-refractivity contribution in [1.29, 1.82) is 0 Å². The zero-order valence-corrected chi connectivity index (χ0v) is 12.7. The number of nitrogens with zero attached hydrogens (tertiary/aromatic N) is 2. The molecule has 0 aliphatic heterocycles. The maximum absolute atomic E-state index is 11.1. The van der Waals surface area contributed by atoms with Crippen LogP contribution in [0.4, 0.5) is 11.5 Å². The van der Waals surface area contributed by atoms with Crippen LogP contribution in [-0.4, -0.2) is 23.1 Å². The Bertz CT molecular complexity index is 632. The molecule has 0 saturated heterocycles. The molecule has 0 fully saturated rings. The van der Waals surface area contributed by atoms with Crippen LogP contribution in [0.2, 0.25) is 0 Å². The van der Waals surface area contributed by atoms with E-state index >= 15 is 0 Å². The molecule has 1 aromatic heterocycles. The Hall–Kier alpha value is -2.47. The lowest BCUT2D eigenvalue weighted by Gasteiger charge is -2.18. The molecule has 0 saturated carbocycles. The molecule has 0 aliphatic carbocycles. The van der Waals surface area contributed by atoms with Gasteiger partial charge in [-0.3, -0.25) is 10.1 Å². The molecule has 1 aromatic carbocycles. The number of pyridine rings is 1. The van der Waals surface area contributed by atoms with Gasteiger partial charge in [0, 0.05) is 24.9 Å². The Morgan fingerprint density at radius 1 is 1.27 bits per heavy atom. The SMILES string of the molecule is CCOC(CNc1nc(C)ccc1[N+](=O)[O-])c1ccccc1. The van der Waals surface area contributed by atoms with Crippen molar-refractivity contribution in [3.63, 3.8) is 0 Å². The molecule has 0 bridgehead atoms. The van der Waals surface area contributed by atoms with Crippen LogP contribution in [0.3, 0.4) is 0 Å². The van der Waals surface area contributed by atoms with Crippen molar-refractivity contribution in [2.24, 2.45) is 0 Å². The van der Waals surface area contributed by atoms with Crippen LogP contribution in [0, 0.1) is 17.0 Å². The highest BCUT2D eigenvalue weighted by atomic mass is 16.6. The van der Waals surface area contributed by atoms with Gasteiger partial charge in [-0.05, 0) is 25.5 Å². The molecule has 0 amide bonds. The quantitative estimate of drug-likeness (QED) is 0.625. The molecule has 1 atom stereocenters. The van der Waals surface area contributed by atoms with Crippen LogP contribution >= 0.6 is 0 Å². The summed E-state index contributed by atoms with van der Waals surface area (Å²) in [6.45, 7) is 4.69. The minimum atomic E-state index is -0.438. The summed E-state index contributed by atoms with van der Waals surface area (Å²) in [6, 6.07) is 12.8. The Labute approximate surface area is 129 Å². The molecule has 1 heterocycles. The van der Waals surface area contributed by atoms with Gasteiger partial charge in [0.2, 0.25) is 5.82 Å². The number of nitrogens with one attached hydrogen (secondary N) is 1. The molecule has 22 heavy (non-hydrogen) atoms. The summed E-state index contributed by atoms with van der Waals surface area (Å²) in [7, 11) is 0. The van der Waals surface area contributed by atoms with Gasteiger partial charge in [0.05, 0.1) is 11.0 Å². The highest BCUT2D eigenvalue weighted by Crippen LogP contribution is 2.24. The summed E-state index contributed by atoms with van der Waals surface area (Å²) in [6.07, 6.45) is -0.187. The standard InChI is InChI=1S/C16H19N3O3/c1-3-22-15(13-7-5-4-6-8-13)11-17-16-14(19(20)21)10-9-12(2)18-16/h4-10,15H,3,11H2,1-2H3,(H,17,18). The van der Waals surface area contributed by atoms with E-state index in [9.17, 15) is 10.1 Å². The molecule has 6 heteroatoms. The Balaban J connectivity index is 2.16. The fraction of sp³-hybridized carbons (Fsp3) is 0.312. The molecule has 1 unspecified atom stereocenters. The third-order valence-electron chi connectivity index (χ3n) is 3.20. The second-order valence-corrected chi connectivity index (χ2v) is 4.81. The van der Waals surface area contributed by atoms with Crippen molar-refractivity contribution in [3.05, 3.63) is 63.8 Å². The molecule has 1 N–H and O–H groups in total. The van der Waals surface area contributed by atoms with Crippen LogP contribution in [0.5, 0.6) is 0 Å². The van der Waals surface area contributed by atoms with Crippen molar-refractivity contribution in [1.82, 2.24) is 4.98 Å². The van der Waals surface area contributed by atoms with Gasteiger partial charge < -0.3 is 10.1 Å². The average Bonchev–Trinajstić information content (AvgIpc) is 2.52. The largest absolute Gasteiger partial charge is 0.372 e. The first-order chi connectivity index (χ1) is 10.6. The molecule has 6 nitrogen and oxygen atoms in total. The number of hydrogen-bond donors (Lipinski definition) is 1. The zero-order chi connectivity index (χ0) is 15.9. The highest BCUT2D eigenvalue weighted by molar-refractivity contribution is 5.56. The van der Waals surface area contributed by atoms with E-state index in [0.29, 0.717) is 13.2 Å². The molecule has 116 valence electrons. The smallest absolute Gasteiger partial charge is 0.311 e. The fourth-order valence-electron chi connectivity index (χ4n) is 2.16. The van der Waals surface area contributed by atoms with Gasteiger partial charge in [0.1, 0.15) is 0 Å². The highest BCUT2D eigenvalue weighted by Gasteiger charge is 2.17. The summed E-state index contributed by atoms with van der Waals surface area (Å²) >= 11 is 0. The molecular weight excluding hydrogens is 282 g/mol. The molecule has 0 aliphatic rings. The van der Waals surface area contributed by atoms with Gasteiger partial charge in [-0.15, -0.1) is 0 Å². The number of anilines is 1. The predicted octanol–water partition coefficient (Wildman–Crippen LogP) is 3.49. The number of ether oxygens (including phenoxy) is 1. The lowest BCUT2D eigenvalue weighted by molar-refractivity contribution is -0.384. The van der Waals surface area contributed by atoms with Gasteiger partial charge in [-0.1, -0.05) is 30.3 Å². The fourth-order valence-corrected chi connectivity index (χ4v) is 2.16. The third kappa shape index (κ3) is 4.02. The molecular formula is C16H19N3O3. The minimum absolute atomic E-state index is 0.0334. The van der Waals surface area contributed by atoms with E-state index in [2.05, 4.69) is 10.3 Å². The lowest BCUT2D eigenvalue weighted by Crippen LogP contribution is -2.17. The second-order valence-electron chi connectivity index (χ2n) is 4.81. The van der Waals surface area contributed by atoms with Gasteiger partial charge >= 0.3 is 5.69 Å². The number of benzene rings is 1. The van der Waals surface area contributed by atoms with Crippen LogP contribution < -0.4 is 5.32 Å². The molecule has 0 spiro atoms. The number of aryl methyl sites for hydroxylation is 1.